The Balaban J connectivity index is 1.48. The molecule has 0 spiro atoms. The lowest BCUT2D eigenvalue weighted by atomic mass is 10.1. The maximum Gasteiger partial charge on any atom is 0.246 e. The van der Waals surface area contributed by atoms with Gasteiger partial charge in [-0.3, -0.25) is 0 Å². The van der Waals surface area contributed by atoms with Crippen LogP contribution in [0.15, 0.2) is 127 Å². The third kappa shape index (κ3) is 2.77. The summed E-state index contributed by atoms with van der Waals surface area (Å²) < 4.78 is 4.59. The van der Waals surface area contributed by atoms with Gasteiger partial charge < -0.3 is 8.47 Å². The maximum atomic E-state index is 5.26. The molecule has 6 bridgehead atoms. The number of aromatic nitrogens is 2. The average Bonchev–Trinajstić information content (AvgIpc) is 3.72. The van der Waals surface area contributed by atoms with Crippen LogP contribution in [0.25, 0.3) is 21.5 Å². The molecule has 6 aromatic rings. The molecule has 6 heterocycles. The number of benzene rings is 4. The second-order valence-electron chi connectivity index (χ2n) is 10.4. The average molecular weight is 543 g/mol. The SMILES string of the molecule is c1ccc2c(c1)C1=NC2=Nc2c3ccccc3c3n2[SiH2]n2c(c4ccccc4c2=NC2=NC(=N3)c3ccccc32)=N1. The third-order valence-corrected chi connectivity index (χ3v) is 9.98. The van der Waals surface area contributed by atoms with Crippen molar-refractivity contribution in [2.75, 3.05) is 0 Å². The maximum absolute atomic E-state index is 5.26. The number of rotatable bonds is 0. The van der Waals surface area contributed by atoms with E-state index in [1.807, 2.05) is 24.3 Å². The highest BCUT2D eigenvalue weighted by molar-refractivity contribution is 6.37. The van der Waals surface area contributed by atoms with Crippen molar-refractivity contribution in [1.82, 2.24) is 8.47 Å². The third-order valence-electron chi connectivity index (χ3n) is 8.21. The predicted octanol–water partition coefficient (Wildman–Crippen LogP) is 3.93. The smallest absolute Gasteiger partial charge is 0.246 e. The minimum absolute atomic E-state index is 0.671. The minimum Gasteiger partial charge on any atom is -0.324 e. The molecule has 0 atom stereocenters. The van der Waals surface area contributed by atoms with Gasteiger partial charge in [-0.05, 0) is 0 Å². The summed E-state index contributed by atoms with van der Waals surface area (Å²) in [5.41, 5.74) is 5.64. The Kier molecular flexibility index (Phi) is 3.92. The van der Waals surface area contributed by atoms with Gasteiger partial charge in [-0.2, -0.15) is 0 Å². The Morgan fingerprint density at radius 2 is 0.732 bits per heavy atom. The topological polar surface area (TPSA) is 84.0 Å². The van der Waals surface area contributed by atoms with Gasteiger partial charge in [0, 0.05) is 43.8 Å². The normalized spacial score (nSPS) is 16.3. The Bertz CT molecular complexity index is 2290. The second-order valence-corrected chi connectivity index (χ2v) is 12.0. The molecule has 9 heteroatoms. The molecule has 8 nitrogen and oxygen atoms in total. The van der Waals surface area contributed by atoms with E-state index in [9.17, 15) is 0 Å². The van der Waals surface area contributed by atoms with Gasteiger partial charge >= 0.3 is 0 Å². The van der Waals surface area contributed by atoms with E-state index in [-0.39, 0.29) is 0 Å². The minimum atomic E-state index is -1.35. The molecular formula is C32H18N8Si. The van der Waals surface area contributed by atoms with E-state index in [1.54, 1.807) is 0 Å². The summed E-state index contributed by atoms with van der Waals surface area (Å²) in [6, 6.07) is 33.1. The van der Waals surface area contributed by atoms with Crippen molar-refractivity contribution in [3.63, 3.8) is 0 Å². The van der Waals surface area contributed by atoms with Crippen molar-refractivity contribution in [2.24, 2.45) is 30.0 Å². The summed E-state index contributed by atoms with van der Waals surface area (Å²) in [4.78, 5) is 31.0. The van der Waals surface area contributed by atoms with Gasteiger partial charge in [-0.1, -0.05) is 97.1 Å². The van der Waals surface area contributed by atoms with Gasteiger partial charge in [-0.15, -0.1) is 0 Å². The van der Waals surface area contributed by atoms with Crippen molar-refractivity contribution in [3.05, 3.63) is 130 Å². The lowest BCUT2D eigenvalue weighted by Crippen LogP contribution is -2.36. The van der Waals surface area contributed by atoms with Crippen molar-refractivity contribution >= 4 is 66.4 Å². The van der Waals surface area contributed by atoms with Crippen LogP contribution in [0.1, 0.15) is 22.3 Å². The van der Waals surface area contributed by atoms with E-state index >= 15 is 0 Å². The van der Waals surface area contributed by atoms with Crippen molar-refractivity contribution in [2.45, 2.75) is 0 Å². The molecule has 0 aliphatic carbocycles. The Morgan fingerprint density at radius 1 is 0.366 bits per heavy atom. The molecule has 10 rings (SSSR count). The standard InChI is InChI=1S/C32H18N8Si/c1-2-10-18-17(9-1)25-33-26(18)36-30-23-15-7-8-16-24(23)32-38-28-20-12-4-3-11-19(20)27(34-28)37-31-22-14-6-5-13-21(22)29(35-25)39(31)41-40(30)32/h1-16H,41H2. The van der Waals surface area contributed by atoms with Crippen LogP contribution in [0.4, 0.5) is 11.6 Å². The molecule has 0 unspecified atom stereocenters. The first kappa shape index (κ1) is 21.3. The number of hydrogen-bond donors (Lipinski definition) is 0. The molecule has 2 aromatic heterocycles. The van der Waals surface area contributed by atoms with E-state index in [0.29, 0.717) is 23.3 Å². The van der Waals surface area contributed by atoms with Crippen LogP contribution in [-0.4, -0.2) is 41.7 Å². The first-order valence-corrected chi connectivity index (χ1v) is 14.8. The molecule has 4 aliphatic rings. The summed E-state index contributed by atoms with van der Waals surface area (Å²) in [6.45, 7) is 0. The van der Waals surface area contributed by atoms with Gasteiger partial charge in [0.05, 0.1) is 0 Å². The zero-order chi connectivity index (χ0) is 26.7. The highest BCUT2D eigenvalue weighted by atomic mass is 28.2. The Morgan fingerprint density at radius 3 is 1.17 bits per heavy atom. The largest absolute Gasteiger partial charge is 0.324 e. The lowest BCUT2D eigenvalue weighted by Gasteiger charge is -2.12. The van der Waals surface area contributed by atoms with E-state index in [2.05, 4.69) is 81.3 Å². The fraction of sp³-hybridized carbons (Fsp3) is 0. The zero-order valence-corrected chi connectivity index (χ0v) is 22.9. The van der Waals surface area contributed by atoms with E-state index in [4.69, 9.17) is 30.0 Å². The summed E-state index contributed by atoms with van der Waals surface area (Å²) >= 11 is 0. The summed E-state index contributed by atoms with van der Waals surface area (Å²) in [6.07, 6.45) is 0. The molecule has 0 fully saturated rings. The first-order valence-electron chi connectivity index (χ1n) is 13.5. The van der Waals surface area contributed by atoms with Crippen LogP contribution in [0.2, 0.25) is 0 Å². The molecular weight excluding hydrogens is 524 g/mol. The van der Waals surface area contributed by atoms with E-state index in [1.165, 1.54) is 0 Å². The molecule has 0 radical (unpaired) electrons. The quantitative estimate of drug-likeness (QED) is 0.261. The number of aliphatic imine (C=N–C) groups is 4. The first-order chi connectivity index (χ1) is 20.3. The molecule has 4 aromatic carbocycles. The lowest BCUT2D eigenvalue weighted by molar-refractivity contribution is 0.992. The summed E-state index contributed by atoms with van der Waals surface area (Å²) in [7, 11) is -1.35. The van der Waals surface area contributed by atoms with Gasteiger partial charge in [0.2, 0.25) is 9.84 Å². The van der Waals surface area contributed by atoms with Gasteiger partial charge in [0.15, 0.2) is 23.3 Å². The summed E-state index contributed by atoms with van der Waals surface area (Å²) in [5.74, 6) is 4.40. The molecule has 0 saturated carbocycles. The van der Waals surface area contributed by atoms with Crippen molar-refractivity contribution < 1.29 is 0 Å². The van der Waals surface area contributed by atoms with Crippen LogP contribution < -0.4 is 11.0 Å². The number of amidine groups is 4. The fourth-order valence-corrected chi connectivity index (χ4v) is 8.13. The van der Waals surface area contributed by atoms with Gasteiger partial charge in [-0.25, -0.2) is 30.0 Å². The molecule has 41 heavy (non-hydrogen) atoms. The Hall–Kier alpha value is -5.54. The number of fused-ring (bicyclic) bond motifs is 14. The van der Waals surface area contributed by atoms with Crippen molar-refractivity contribution in [3.8, 4) is 0 Å². The van der Waals surface area contributed by atoms with Crippen molar-refractivity contribution in [1.29, 1.82) is 0 Å². The predicted molar refractivity (Wildman–Crippen MR) is 164 cm³/mol. The second kappa shape index (κ2) is 7.55. The molecule has 0 N–H and O–H groups in total. The molecule has 0 saturated heterocycles. The number of nitrogens with zero attached hydrogens (tertiary/aromatic N) is 8. The van der Waals surface area contributed by atoms with Crippen LogP contribution in [-0.2, 0) is 0 Å². The van der Waals surface area contributed by atoms with Crippen LogP contribution >= 0.6 is 0 Å². The van der Waals surface area contributed by atoms with E-state index < -0.39 is 9.84 Å². The highest BCUT2D eigenvalue weighted by Crippen LogP contribution is 2.39. The van der Waals surface area contributed by atoms with E-state index in [0.717, 1.165) is 66.4 Å². The van der Waals surface area contributed by atoms with Gasteiger partial charge in [0.25, 0.3) is 0 Å². The summed E-state index contributed by atoms with van der Waals surface area (Å²) in [5, 5.41) is 4.16. The molecule has 190 valence electrons. The van der Waals surface area contributed by atoms with Gasteiger partial charge in [0.1, 0.15) is 22.6 Å². The fourth-order valence-electron chi connectivity index (χ4n) is 6.35. The molecule has 4 aliphatic heterocycles. The van der Waals surface area contributed by atoms with Crippen LogP contribution in [0, 0.1) is 0 Å². The molecule has 0 amide bonds. The monoisotopic (exact) mass is 542 g/mol. The van der Waals surface area contributed by atoms with Crippen LogP contribution in [0.3, 0.4) is 0 Å². The Labute approximate surface area is 234 Å². The zero-order valence-electron chi connectivity index (χ0n) is 21.5. The number of hydrogen-bond acceptors (Lipinski definition) is 6. The highest BCUT2D eigenvalue weighted by Gasteiger charge is 2.29. The van der Waals surface area contributed by atoms with Crippen LogP contribution in [0.5, 0.6) is 0 Å².